The van der Waals surface area contributed by atoms with Crippen LogP contribution in [0, 0.1) is 5.92 Å². The number of hydrogen-bond donors (Lipinski definition) is 1. The molecule has 1 aliphatic heterocycles. The zero-order chi connectivity index (χ0) is 13.7. The van der Waals surface area contributed by atoms with Crippen molar-refractivity contribution in [1.29, 1.82) is 0 Å². The van der Waals surface area contributed by atoms with Gasteiger partial charge in [0.05, 0.1) is 0 Å². The van der Waals surface area contributed by atoms with Crippen molar-refractivity contribution in [2.45, 2.75) is 26.2 Å². The SMILES string of the molecule is CC1CCN(S(=O)(=O)NCCc2cccnc2)CC1. The third-order valence-electron chi connectivity index (χ3n) is 3.50. The fraction of sp³-hybridized carbons (Fsp3) is 0.615. The van der Waals surface area contributed by atoms with Crippen molar-refractivity contribution in [3.63, 3.8) is 0 Å². The first kappa shape index (κ1) is 14.4. The highest BCUT2D eigenvalue weighted by atomic mass is 32.2. The standard InChI is InChI=1S/C13H21N3O2S/c1-12-5-9-16(10-6-12)19(17,18)15-8-4-13-3-2-7-14-11-13/h2-3,7,11-12,15H,4-6,8-10H2,1H3. The van der Waals surface area contributed by atoms with E-state index in [2.05, 4.69) is 16.6 Å². The van der Waals surface area contributed by atoms with Crippen LogP contribution in [0.1, 0.15) is 25.3 Å². The first-order valence-corrected chi connectivity index (χ1v) is 8.15. The van der Waals surface area contributed by atoms with E-state index in [1.807, 2.05) is 12.1 Å². The summed E-state index contributed by atoms with van der Waals surface area (Å²) in [6, 6.07) is 3.81. The van der Waals surface area contributed by atoms with E-state index < -0.39 is 10.2 Å². The van der Waals surface area contributed by atoms with E-state index in [9.17, 15) is 8.42 Å². The molecule has 5 nitrogen and oxygen atoms in total. The van der Waals surface area contributed by atoms with Crippen LogP contribution in [-0.4, -0.2) is 37.3 Å². The number of aromatic nitrogens is 1. The Morgan fingerprint density at radius 3 is 2.79 bits per heavy atom. The van der Waals surface area contributed by atoms with Gasteiger partial charge in [-0.15, -0.1) is 0 Å². The van der Waals surface area contributed by atoms with Gasteiger partial charge in [0.1, 0.15) is 0 Å². The molecule has 0 amide bonds. The molecule has 0 aromatic carbocycles. The summed E-state index contributed by atoms with van der Waals surface area (Å²) >= 11 is 0. The van der Waals surface area contributed by atoms with Crippen LogP contribution in [0.3, 0.4) is 0 Å². The number of nitrogens with zero attached hydrogens (tertiary/aromatic N) is 2. The summed E-state index contributed by atoms with van der Waals surface area (Å²) in [5, 5.41) is 0. The van der Waals surface area contributed by atoms with E-state index in [-0.39, 0.29) is 0 Å². The van der Waals surface area contributed by atoms with Gasteiger partial charge in [0.2, 0.25) is 0 Å². The third kappa shape index (κ3) is 4.26. The molecule has 0 aliphatic carbocycles. The molecule has 0 saturated carbocycles. The normalized spacial score (nSPS) is 18.6. The summed E-state index contributed by atoms with van der Waals surface area (Å²) in [5.74, 6) is 0.627. The lowest BCUT2D eigenvalue weighted by molar-refractivity contribution is 0.285. The molecule has 1 N–H and O–H groups in total. The molecular formula is C13H21N3O2S. The molecule has 6 heteroatoms. The highest BCUT2D eigenvalue weighted by Crippen LogP contribution is 2.17. The van der Waals surface area contributed by atoms with Gasteiger partial charge < -0.3 is 0 Å². The fourth-order valence-corrected chi connectivity index (χ4v) is 3.42. The Labute approximate surface area is 115 Å². The van der Waals surface area contributed by atoms with E-state index in [1.165, 1.54) is 0 Å². The smallest absolute Gasteiger partial charge is 0.264 e. The minimum Gasteiger partial charge on any atom is -0.264 e. The molecular weight excluding hydrogens is 262 g/mol. The molecule has 0 bridgehead atoms. The molecule has 2 rings (SSSR count). The van der Waals surface area contributed by atoms with Crippen molar-refractivity contribution in [2.24, 2.45) is 5.92 Å². The van der Waals surface area contributed by atoms with E-state index in [1.54, 1.807) is 16.7 Å². The van der Waals surface area contributed by atoms with E-state index in [0.29, 0.717) is 32.0 Å². The van der Waals surface area contributed by atoms with Crippen LogP contribution in [0.25, 0.3) is 0 Å². The van der Waals surface area contributed by atoms with Crippen LogP contribution in [0.15, 0.2) is 24.5 Å². The lowest BCUT2D eigenvalue weighted by atomic mass is 10.0. The average Bonchev–Trinajstić information content (AvgIpc) is 2.40. The molecule has 0 spiro atoms. The van der Waals surface area contributed by atoms with E-state index in [4.69, 9.17) is 0 Å². The van der Waals surface area contributed by atoms with Gasteiger partial charge in [0.25, 0.3) is 10.2 Å². The first-order valence-electron chi connectivity index (χ1n) is 6.71. The number of piperidine rings is 1. The number of hydrogen-bond acceptors (Lipinski definition) is 3. The Morgan fingerprint density at radius 2 is 2.16 bits per heavy atom. The highest BCUT2D eigenvalue weighted by molar-refractivity contribution is 7.87. The lowest BCUT2D eigenvalue weighted by Crippen LogP contribution is -2.45. The Kier molecular flexibility index (Phi) is 4.90. The van der Waals surface area contributed by atoms with Gasteiger partial charge >= 0.3 is 0 Å². The second-order valence-corrected chi connectivity index (χ2v) is 6.85. The van der Waals surface area contributed by atoms with Crippen LogP contribution in [0.5, 0.6) is 0 Å². The zero-order valence-electron chi connectivity index (χ0n) is 11.2. The molecule has 0 atom stereocenters. The van der Waals surface area contributed by atoms with Crippen LogP contribution < -0.4 is 4.72 Å². The molecule has 1 aromatic rings. The maximum Gasteiger partial charge on any atom is 0.279 e. The summed E-state index contributed by atoms with van der Waals surface area (Å²) in [7, 11) is -3.31. The van der Waals surface area contributed by atoms with Gasteiger partial charge in [-0.25, -0.2) is 4.72 Å². The summed E-state index contributed by atoms with van der Waals surface area (Å²) in [4.78, 5) is 4.01. The molecule has 1 fully saturated rings. The van der Waals surface area contributed by atoms with Gasteiger partial charge in [-0.1, -0.05) is 13.0 Å². The van der Waals surface area contributed by atoms with E-state index in [0.717, 1.165) is 18.4 Å². The predicted octanol–water partition coefficient (Wildman–Crippen LogP) is 1.19. The van der Waals surface area contributed by atoms with Crippen molar-refractivity contribution >= 4 is 10.2 Å². The Morgan fingerprint density at radius 1 is 1.42 bits per heavy atom. The number of pyridine rings is 1. The Balaban J connectivity index is 1.81. The quantitative estimate of drug-likeness (QED) is 0.883. The minimum absolute atomic E-state index is 0.417. The summed E-state index contributed by atoms with van der Waals surface area (Å²) in [6.45, 7) is 3.84. The molecule has 1 aliphatic rings. The lowest BCUT2D eigenvalue weighted by Gasteiger charge is -2.29. The number of rotatable bonds is 5. The molecule has 2 heterocycles. The van der Waals surface area contributed by atoms with Crippen molar-refractivity contribution in [2.75, 3.05) is 19.6 Å². The van der Waals surface area contributed by atoms with Gasteiger partial charge in [0.15, 0.2) is 0 Å². The van der Waals surface area contributed by atoms with Crippen molar-refractivity contribution < 1.29 is 8.42 Å². The van der Waals surface area contributed by atoms with Crippen LogP contribution in [-0.2, 0) is 16.6 Å². The fourth-order valence-electron chi connectivity index (χ4n) is 2.19. The van der Waals surface area contributed by atoms with Crippen molar-refractivity contribution in [3.05, 3.63) is 30.1 Å². The van der Waals surface area contributed by atoms with Crippen molar-refractivity contribution in [3.8, 4) is 0 Å². The summed E-state index contributed by atoms with van der Waals surface area (Å²) in [6.07, 6.45) is 6.03. The molecule has 106 valence electrons. The van der Waals surface area contributed by atoms with Gasteiger partial charge in [0, 0.05) is 32.0 Å². The predicted molar refractivity (Wildman–Crippen MR) is 74.8 cm³/mol. The highest BCUT2D eigenvalue weighted by Gasteiger charge is 2.25. The zero-order valence-corrected chi connectivity index (χ0v) is 12.1. The second-order valence-electron chi connectivity index (χ2n) is 5.09. The van der Waals surface area contributed by atoms with Crippen LogP contribution >= 0.6 is 0 Å². The minimum atomic E-state index is -3.31. The summed E-state index contributed by atoms with van der Waals surface area (Å²) in [5.41, 5.74) is 1.04. The van der Waals surface area contributed by atoms with Gasteiger partial charge in [-0.3, -0.25) is 4.98 Å². The van der Waals surface area contributed by atoms with Gasteiger partial charge in [-0.2, -0.15) is 12.7 Å². The number of nitrogens with one attached hydrogen (secondary N) is 1. The monoisotopic (exact) mass is 283 g/mol. The maximum atomic E-state index is 12.1. The molecule has 0 radical (unpaired) electrons. The largest absolute Gasteiger partial charge is 0.279 e. The molecule has 19 heavy (non-hydrogen) atoms. The molecule has 1 saturated heterocycles. The summed E-state index contributed by atoms with van der Waals surface area (Å²) < 4.78 is 28.4. The van der Waals surface area contributed by atoms with Crippen molar-refractivity contribution in [1.82, 2.24) is 14.0 Å². The van der Waals surface area contributed by atoms with E-state index >= 15 is 0 Å². The van der Waals surface area contributed by atoms with Gasteiger partial charge in [-0.05, 0) is 36.8 Å². The Bertz CT molecular complexity index is 482. The second kappa shape index (κ2) is 6.45. The maximum absolute atomic E-state index is 12.1. The average molecular weight is 283 g/mol. The third-order valence-corrected chi connectivity index (χ3v) is 5.12. The molecule has 0 unspecified atom stereocenters. The first-order chi connectivity index (χ1) is 9.08. The molecule has 1 aromatic heterocycles. The Hall–Kier alpha value is -0.980. The van der Waals surface area contributed by atoms with Crippen LogP contribution in [0.4, 0.5) is 0 Å². The topological polar surface area (TPSA) is 62.3 Å². The van der Waals surface area contributed by atoms with Crippen LogP contribution in [0.2, 0.25) is 0 Å².